The quantitative estimate of drug-likeness (QED) is 0.924. The van der Waals surface area contributed by atoms with Crippen LogP contribution < -0.4 is 5.32 Å². The Labute approximate surface area is 115 Å². The number of fused-ring (bicyclic) bond motifs is 1. The molecule has 0 saturated carbocycles. The van der Waals surface area contributed by atoms with Crippen molar-refractivity contribution in [3.8, 4) is 0 Å². The third-order valence-electron chi connectivity index (χ3n) is 3.49. The summed E-state index contributed by atoms with van der Waals surface area (Å²) in [5.41, 5.74) is 5.31. The smallest absolute Gasteiger partial charge is 0.0635 e. The van der Waals surface area contributed by atoms with Crippen LogP contribution in [0.15, 0.2) is 28.9 Å². The molecule has 2 heterocycles. The SMILES string of the molecule is Cn1ncc(Br)c1Cc1ccc2c(c1)CCCN2. The Bertz CT molecular complexity index is 555. The second kappa shape index (κ2) is 4.76. The van der Waals surface area contributed by atoms with E-state index in [1.165, 1.54) is 35.3 Å². The van der Waals surface area contributed by atoms with Gasteiger partial charge in [0.2, 0.25) is 0 Å². The van der Waals surface area contributed by atoms with Crippen LogP contribution in [-0.2, 0) is 19.9 Å². The number of hydrogen-bond acceptors (Lipinski definition) is 2. The van der Waals surface area contributed by atoms with Crippen molar-refractivity contribution in [1.82, 2.24) is 9.78 Å². The van der Waals surface area contributed by atoms with Crippen LogP contribution in [0.5, 0.6) is 0 Å². The van der Waals surface area contributed by atoms with Crippen molar-refractivity contribution in [1.29, 1.82) is 0 Å². The summed E-state index contributed by atoms with van der Waals surface area (Å²) in [6.07, 6.45) is 5.19. The highest BCUT2D eigenvalue weighted by molar-refractivity contribution is 9.10. The van der Waals surface area contributed by atoms with Gasteiger partial charge in [0.1, 0.15) is 0 Å². The lowest BCUT2D eigenvalue weighted by molar-refractivity contribution is 0.723. The topological polar surface area (TPSA) is 29.9 Å². The zero-order valence-corrected chi connectivity index (χ0v) is 12.0. The van der Waals surface area contributed by atoms with Crippen molar-refractivity contribution in [2.75, 3.05) is 11.9 Å². The lowest BCUT2D eigenvalue weighted by Gasteiger charge is -2.18. The van der Waals surface area contributed by atoms with Gasteiger partial charge in [-0.05, 0) is 46.0 Å². The molecule has 0 spiro atoms. The Hall–Kier alpha value is -1.29. The molecule has 1 aliphatic heterocycles. The number of halogens is 1. The van der Waals surface area contributed by atoms with Crippen LogP contribution in [0.2, 0.25) is 0 Å². The minimum atomic E-state index is 0.921. The van der Waals surface area contributed by atoms with E-state index in [-0.39, 0.29) is 0 Å². The Morgan fingerprint density at radius 1 is 1.44 bits per heavy atom. The first-order valence-electron chi connectivity index (χ1n) is 6.26. The van der Waals surface area contributed by atoms with Gasteiger partial charge in [-0.1, -0.05) is 12.1 Å². The molecule has 4 heteroatoms. The van der Waals surface area contributed by atoms with Crippen LogP contribution in [0.4, 0.5) is 5.69 Å². The highest BCUT2D eigenvalue weighted by Gasteiger charge is 2.11. The second-order valence-corrected chi connectivity index (χ2v) is 5.62. The van der Waals surface area contributed by atoms with Crippen LogP contribution >= 0.6 is 15.9 Å². The van der Waals surface area contributed by atoms with Crippen LogP contribution in [-0.4, -0.2) is 16.3 Å². The molecule has 2 aromatic rings. The Balaban J connectivity index is 1.89. The minimum absolute atomic E-state index is 0.921. The highest BCUT2D eigenvalue weighted by atomic mass is 79.9. The summed E-state index contributed by atoms with van der Waals surface area (Å²) in [6.45, 7) is 1.10. The zero-order valence-electron chi connectivity index (χ0n) is 10.4. The maximum atomic E-state index is 4.26. The molecule has 18 heavy (non-hydrogen) atoms. The third kappa shape index (κ3) is 2.17. The van der Waals surface area contributed by atoms with Gasteiger partial charge in [-0.25, -0.2) is 0 Å². The molecule has 94 valence electrons. The Morgan fingerprint density at radius 2 is 2.33 bits per heavy atom. The van der Waals surface area contributed by atoms with E-state index >= 15 is 0 Å². The number of hydrogen-bond donors (Lipinski definition) is 1. The summed E-state index contributed by atoms with van der Waals surface area (Å²) >= 11 is 3.55. The monoisotopic (exact) mass is 305 g/mol. The summed E-state index contributed by atoms with van der Waals surface area (Å²) in [5, 5.41) is 7.70. The van der Waals surface area contributed by atoms with Crippen molar-refractivity contribution >= 4 is 21.6 Å². The molecule has 3 rings (SSSR count). The van der Waals surface area contributed by atoms with Gasteiger partial charge in [-0.3, -0.25) is 4.68 Å². The van der Waals surface area contributed by atoms with E-state index in [1.807, 2.05) is 17.9 Å². The van der Waals surface area contributed by atoms with Crippen LogP contribution in [0.3, 0.4) is 0 Å². The van der Waals surface area contributed by atoms with Crippen LogP contribution in [0.1, 0.15) is 23.2 Å². The lowest BCUT2D eigenvalue weighted by atomic mass is 9.99. The summed E-state index contributed by atoms with van der Waals surface area (Å²) in [7, 11) is 1.99. The predicted molar refractivity (Wildman–Crippen MR) is 77.0 cm³/mol. The van der Waals surface area contributed by atoms with Gasteiger partial charge in [0, 0.05) is 25.7 Å². The fourth-order valence-electron chi connectivity index (χ4n) is 2.47. The maximum Gasteiger partial charge on any atom is 0.0635 e. The summed E-state index contributed by atoms with van der Waals surface area (Å²) in [4.78, 5) is 0. The Kier molecular flexibility index (Phi) is 3.12. The first-order valence-corrected chi connectivity index (χ1v) is 7.05. The number of aryl methyl sites for hydroxylation is 2. The minimum Gasteiger partial charge on any atom is -0.385 e. The van der Waals surface area contributed by atoms with E-state index < -0.39 is 0 Å². The average molecular weight is 306 g/mol. The molecule has 0 radical (unpaired) electrons. The summed E-state index contributed by atoms with van der Waals surface area (Å²) in [5.74, 6) is 0. The molecule has 0 aliphatic carbocycles. The molecule has 0 fully saturated rings. The van der Waals surface area contributed by atoms with E-state index in [1.54, 1.807) is 0 Å². The molecule has 1 aliphatic rings. The van der Waals surface area contributed by atoms with Gasteiger partial charge in [-0.2, -0.15) is 5.10 Å². The van der Waals surface area contributed by atoms with Gasteiger partial charge in [0.25, 0.3) is 0 Å². The summed E-state index contributed by atoms with van der Waals surface area (Å²) < 4.78 is 3.02. The van der Waals surface area contributed by atoms with Gasteiger partial charge < -0.3 is 5.32 Å². The lowest BCUT2D eigenvalue weighted by Crippen LogP contribution is -2.12. The maximum absolute atomic E-state index is 4.26. The molecule has 1 aromatic carbocycles. The first-order chi connectivity index (χ1) is 8.74. The third-order valence-corrected chi connectivity index (χ3v) is 4.15. The molecular weight excluding hydrogens is 290 g/mol. The molecule has 1 aromatic heterocycles. The van der Waals surface area contributed by atoms with Gasteiger partial charge in [0.05, 0.1) is 16.4 Å². The second-order valence-electron chi connectivity index (χ2n) is 4.76. The van der Waals surface area contributed by atoms with Crippen molar-refractivity contribution in [3.05, 3.63) is 45.7 Å². The number of nitrogens with one attached hydrogen (secondary N) is 1. The van der Waals surface area contributed by atoms with Gasteiger partial charge in [-0.15, -0.1) is 0 Å². The zero-order chi connectivity index (χ0) is 12.5. The predicted octanol–water partition coefficient (Wildman–Crippen LogP) is 3.13. The number of rotatable bonds is 2. The summed E-state index contributed by atoms with van der Waals surface area (Å²) in [6, 6.07) is 6.73. The Morgan fingerprint density at radius 3 is 3.11 bits per heavy atom. The van der Waals surface area contributed by atoms with E-state index in [2.05, 4.69) is 44.5 Å². The van der Waals surface area contributed by atoms with E-state index in [9.17, 15) is 0 Å². The van der Waals surface area contributed by atoms with Gasteiger partial charge >= 0.3 is 0 Å². The van der Waals surface area contributed by atoms with E-state index in [0.29, 0.717) is 0 Å². The standard InChI is InChI=1S/C14H16BrN3/c1-18-14(12(15)9-17-18)8-10-4-5-13-11(7-10)3-2-6-16-13/h4-5,7,9,16H,2-3,6,8H2,1H3. The molecule has 1 N–H and O–H groups in total. The average Bonchev–Trinajstić information content (AvgIpc) is 2.70. The molecule has 3 nitrogen and oxygen atoms in total. The normalized spacial score (nSPS) is 14.1. The number of benzene rings is 1. The molecule has 0 atom stereocenters. The van der Waals surface area contributed by atoms with Gasteiger partial charge in [0.15, 0.2) is 0 Å². The number of anilines is 1. The largest absolute Gasteiger partial charge is 0.385 e. The van der Waals surface area contributed by atoms with Crippen molar-refractivity contribution < 1.29 is 0 Å². The molecule has 0 unspecified atom stereocenters. The highest BCUT2D eigenvalue weighted by Crippen LogP contribution is 2.25. The fourth-order valence-corrected chi connectivity index (χ4v) is 2.95. The molecule has 0 amide bonds. The van der Waals surface area contributed by atoms with Crippen LogP contribution in [0.25, 0.3) is 0 Å². The number of nitrogens with zero attached hydrogens (tertiary/aromatic N) is 2. The van der Waals surface area contributed by atoms with Crippen molar-refractivity contribution in [3.63, 3.8) is 0 Å². The van der Waals surface area contributed by atoms with Crippen molar-refractivity contribution in [2.45, 2.75) is 19.3 Å². The van der Waals surface area contributed by atoms with Crippen LogP contribution in [0, 0.1) is 0 Å². The molecular formula is C14H16BrN3. The van der Waals surface area contributed by atoms with E-state index in [0.717, 1.165) is 17.4 Å². The first kappa shape index (κ1) is 11.8. The molecule has 0 bridgehead atoms. The van der Waals surface area contributed by atoms with E-state index in [4.69, 9.17) is 0 Å². The van der Waals surface area contributed by atoms with Crippen molar-refractivity contribution in [2.24, 2.45) is 7.05 Å². The number of aromatic nitrogens is 2. The fraction of sp³-hybridized carbons (Fsp3) is 0.357. The molecule has 0 saturated heterocycles.